The molecule has 2 aromatic rings. The Morgan fingerprint density at radius 1 is 1.19 bits per heavy atom. The summed E-state index contributed by atoms with van der Waals surface area (Å²) in [5.41, 5.74) is 1.21. The summed E-state index contributed by atoms with van der Waals surface area (Å²) >= 11 is 0. The average molecular weight is 284 g/mol. The van der Waals surface area contributed by atoms with Gasteiger partial charge in [-0.1, -0.05) is 42.0 Å². The minimum absolute atomic E-state index is 0.0481. The van der Waals surface area contributed by atoms with Gasteiger partial charge in [-0.2, -0.15) is 0 Å². The Kier molecular flexibility index (Phi) is 4.43. The van der Waals surface area contributed by atoms with Crippen LogP contribution in [0.3, 0.4) is 0 Å². The smallest absolute Gasteiger partial charge is 0.163 e. The third-order valence-corrected chi connectivity index (χ3v) is 3.42. The SMILES string of the molecule is CC(=O)c1cc(C)ccc1OCC(C)(O)c1ccccc1. The van der Waals surface area contributed by atoms with Crippen LogP contribution >= 0.6 is 0 Å². The van der Waals surface area contributed by atoms with Gasteiger partial charge in [0.2, 0.25) is 0 Å². The first kappa shape index (κ1) is 15.3. The van der Waals surface area contributed by atoms with E-state index in [0.29, 0.717) is 11.3 Å². The number of ether oxygens (including phenoxy) is 1. The summed E-state index contributed by atoms with van der Waals surface area (Å²) in [5.74, 6) is 0.456. The first-order valence-corrected chi connectivity index (χ1v) is 6.92. The predicted octanol–water partition coefficient (Wildman–Crippen LogP) is 3.48. The van der Waals surface area contributed by atoms with E-state index < -0.39 is 5.60 Å². The molecule has 0 saturated carbocycles. The molecule has 3 heteroatoms. The fraction of sp³-hybridized carbons (Fsp3) is 0.278. The van der Waals surface area contributed by atoms with Gasteiger partial charge in [0, 0.05) is 0 Å². The monoisotopic (exact) mass is 284 g/mol. The van der Waals surface area contributed by atoms with Gasteiger partial charge in [-0.25, -0.2) is 0 Å². The molecule has 0 aromatic heterocycles. The summed E-state index contributed by atoms with van der Waals surface area (Å²) in [6.45, 7) is 5.22. The number of aryl methyl sites for hydroxylation is 1. The van der Waals surface area contributed by atoms with Crippen LogP contribution in [-0.2, 0) is 5.60 Å². The quantitative estimate of drug-likeness (QED) is 0.855. The number of carbonyl (C=O) groups is 1. The minimum atomic E-state index is -1.11. The molecule has 1 unspecified atom stereocenters. The number of hydrogen-bond acceptors (Lipinski definition) is 3. The van der Waals surface area contributed by atoms with Crippen LogP contribution in [0.15, 0.2) is 48.5 Å². The molecule has 110 valence electrons. The molecular weight excluding hydrogens is 264 g/mol. The lowest BCUT2D eigenvalue weighted by atomic mass is 9.97. The Balaban J connectivity index is 2.18. The number of Topliss-reactive ketones (excluding diaryl/α,β-unsaturated/α-hetero) is 1. The highest BCUT2D eigenvalue weighted by Gasteiger charge is 2.24. The fourth-order valence-electron chi connectivity index (χ4n) is 2.14. The van der Waals surface area contributed by atoms with Gasteiger partial charge in [0.05, 0.1) is 5.56 Å². The highest BCUT2D eigenvalue weighted by molar-refractivity contribution is 5.97. The summed E-state index contributed by atoms with van der Waals surface area (Å²) in [5, 5.41) is 10.5. The first-order valence-electron chi connectivity index (χ1n) is 6.92. The zero-order valence-electron chi connectivity index (χ0n) is 12.6. The average Bonchev–Trinajstić information content (AvgIpc) is 2.47. The van der Waals surface area contributed by atoms with Crippen LogP contribution in [0.1, 0.15) is 35.3 Å². The van der Waals surface area contributed by atoms with Gasteiger partial charge in [0.25, 0.3) is 0 Å². The van der Waals surface area contributed by atoms with Gasteiger partial charge in [-0.3, -0.25) is 4.79 Å². The topological polar surface area (TPSA) is 46.5 Å². The number of aliphatic hydroxyl groups is 1. The molecule has 0 radical (unpaired) electrons. The van der Waals surface area contributed by atoms with E-state index in [2.05, 4.69) is 0 Å². The first-order chi connectivity index (χ1) is 9.90. The van der Waals surface area contributed by atoms with E-state index in [9.17, 15) is 9.90 Å². The third kappa shape index (κ3) is 3.70. The normalized spacial score (nSPS) is 13.5. The molecule has 2 aromatic carbocycles. The summed E-state index contributed by atoms with van der Waals surface area (Å²) in [4.78, 5) is 11.7. The molecule has 21 heavy (non-hydrogen) atoms. The Labute approximate surface area is 125 Å². The van der Waals surface area contributed by atoms with Crippen molar-refractivity contribution in [3.63, 3.8) is 0 Å². The second-order valence-corrected chi connectivity index (χ2v) is 5.48. The minimum Gasteiger partial charge on any atom is -0.489 e. The highest BCUT2D eigenvalue weighted by Crippen LogP contribution is 2.25. The number of hydrogen-bond donors (Lipinski definition) is 1. The molecule has 1 atom stereocenters. The Morgan fingerprint density at radius 3 is 2.48 bits per heavy atom. The largest absolute Gasteiger partial charge is 0.489 e. The van der Waals surface area contributed by atoms with E-state index in [0.717, 1.165) is 11.1 Å². The van der Waals surface area contributed by atoms with Gasteiger partial charge in [-0.05, 0) is 38.5 Å². The molecule has 3 nitrogen and oxygen atoms in total. The fourth-order valence-corrected chi connectivity index (χ4v) is 2.14. The molecule has 0 bridgehead atoms. The Bertz CT molecular complexity index is 630. The van der Waals surface area contributed by atoms with Crippen molar-refractivity contribution >= 4 is 5.78 Å². The molecule has 0 aliphatic carbocycles. The second-order valence-electron chi connectivity index (χ2n) is 5.48. The van der Waals surface area contributed by atoms with Crippen molar-refractivity contribution in [1.82, 2.24) is 0 Å². The van der Waals surface area contributed by atoms with Crippen molar-refractivity contribution < 1.29 is 14.6 Å². The lowest BCUT2D eigenvalue weighted by molar-refractivity contribution is 0.00732. The number of rotatable bonds is 5. The molecule has 0 aliphatic rings. The molecule has 0 spiro atoms. The van der Waals surface area contributed by atoms with Crippen molar-refractivity contribution in [2.45, 2.75) is 26.4 Å². The van der Waals surface area contributed by atoms with Crippen molar-refractivity contribution in [3.05, 3.63) is 65.2 Å². The molecule has 0 aliphatic heterocycles. The van der Waals surface area contributed by atoms with E-state index in [-0.39, 0.29) is 12.4 Å². The summed E-state index contributed by atoms with van der Waals surface area (Å²) in [7, 11) is 0. The van der Waals surface area contributed by atoms with E-state index in [4.69, 9.17) is 4.74 Å². The van der Waals surface area contributed by atoms with Crippen LogP contribution < -0.4 is 4.74 Å². The van der Waals surface area contributed by atoms with Crippen LogP contribution in [-0.4, -0.2) is 17.5 Å². The molecule has 0 fully saturated rings. The zero-order valence-corrected chi connectivity index (χ0v) is 12.6. The maximum absolute atomic E-state index is 11.7. The number of ketones is 1. The maximum Gasteiger partial charge on any atom is 0.163 e. The molecule has 0 amide bonds. The van der Waals surface area contributed by atoms with E-state index in [1.807, 2.05) is 43.3 Å². The second kappa shape index (κ2) is 6.10. The number of carbonyl (C=O) groups excluding carboxylic acids is 1. The summed E-state index contributed by atoms with van der Waals surface area (Å²) in [6.07, 6.45) is 0. The Morgan fingerprint density at radius 2 is 1.86 bits per heavy atom. The van der Waals surface area contributed by atoms with Crippen molar-refractivity contribution in [1.29, 1.82) is 0 Å². The lowest BCUT2D eigenvalue weighted by Crippen LogP contribution is -2.29. The molecule has 0 saturated heterocycles. The zero-order chi connectivity index (χ0) is 15.5. The number of benzene rings is 2. The van der Waals surface area contributed by atoms with Gasteiger partial charge < -0.3 is 9.84 Å². The van der Waals surface area contributed by atoms with Gasteiger partial charge in [0.15, 0.2) is 5.78 Å². The standard InChI is InChI=1S/C18H20O3/c1-13-9-10-17(16(11-13)14(2)19)21-12-18(3,20)15-7-5-4-6-8-15/h4-11,20H,12H2,1-3H3. The highest BCUT2D eigenvalue weighted by atomic mass is 16.5. The van der Waals surface area contributed by atoms with Crippen LogP contribution in [0, 0.1) is 6.92 Å². The predicted molar refractivity (Wildman–Crippen MR) is 82.7 cm³/mol. The lowest BCUT2D eigenvalue weighted by Gasteiger charge is -2.24. The molecule has 1 N–H and O–H groups in total. The van der Waals surface area contributed by atoms with Gasteiger partial charge in [-0.15, -0.1) is 0 Å². The van der Waals surface area contributed by atoms with Gasteiger partial charge in [0.1, 0.15) is 18.0 Å². The van der Waals surface area contributed by atoms with E-state index >= 15 is 0 Å². The summed E-state index contributed by atoms with van der Waals surface area (Å²) < 4.78 is 5.70. The van der Waals surface area contributed by atoms with E-state index in [1.165, 1.54) is 6.92 Å². The van der Waals surface area contributed by atoms with Gasteiger partial charge >= 0.3 is 0 Å². The van der Waals surface area contributed by atoms with Crippen LogP contribution in [0.25, 0.3) is 0 Å². The third-order valence-electron chi connectivity index (χ3n) is 3.42. The van der Waals surface area contributed by atoms with Crippen LogP contribution in [0.4, 0.5) is 0 Å². The van der Waals surface area contributed by atoms with Crippen LogP contribution in [0.2, 0.25) is 0 Å². The van der Waals surface area contributed by atoms with Crippen molar-refractivity contribution in [2.24, 2.45) is 0 Å². The van der Waals surface area contributed by atoms with E-state index in [1.54, 1.807) is 19.1 Å². The molecule has 2 rings (SSSR count). The van der Waals surface area contributed by atoms with Crippen molar-refractivity contribution in [3.8, 4) is 5.75 Å². The van der Waals surface area contributed by atoms with Crippen molar-refractivity contribution in [2.75, 3.05) is 6.61 Å². The molecular formula is C18H20O3. The Hall–Kier alpha value is -2.13. The molecule has 0 heterocycles. The van der Waals surface area contributed by atoms with Crippen LogP contribution in [0.5, 0.6) is 5.75 Å². The maximum atomic E-state index is 11.7. The summed E-state index contributed by atoms with van der Waals surface area (Å²) in [6, 6.07) is 14.8.